The maximum Gasteiger partial charge on any atom is 0.300 e. The van der Waals surface area contributed by atoms with Crippen LogP contribution in [0.2, 0.25) is 0 Å². The van der Waals surface area contributed by atoms with Gasteiger partial charge in [0.2, 0.25) is 0 Å². The molecule has 0 aliphatic carbocycles. The van der Waals surface area contributed by atoms with Crippen LogP contribution in [0.4, 0.5) is 5.82 Å². The summed E-state index contributed by atoms with van der Waals surface area (Å²) in [7, 11) is 3.17. The molecule has 0 saturated carbocycles. The Balaban J connectivity index is 0.000000828. The highest BCUT2D eigenvalue weighted by molar-refractivity contribution is 5.91. The Morgan fingerprint density at radius 3 is 2.33 bits per heavy atom. The number of hydrogen-bond acceptors (Lipinski definition) is 6. The molecule has 0 radical (unpaired) electrons. The van der Waals surface area contributed by atoms with Gasteiger partial charge in [0, 0.05) is 6.92 Å². The first kappa shape index (κ1) is 21.2. The molecule has 9 heteroatoms. The summed E-state index contributed by atoms with van der Waals surface area (Å²) in [6.07, 6.45) is 0. The number of ether oxygens (including phenoxy) is 2. The van der Waals surface area contributed by atoms with Crippen molar-refractivity contribution in [3.63, 3.8) is 0 Å². The standard InChI is InChI=1S/C16H17N5O2.C2H4O2/c1-22-13-6-4-7-14(23-2)12(13)10-19-16(18)21-15-8-3-5-11(9-17)20-15;1-2(3)4/h3-8H,10H2,1-2H3,(H3,18,19,20,21);1H3,(H,3,4). The number of aromatic nitrogens is 1. The van der Waals surface area contributed by atoms with Gasteiger partial charge in [0.15, 0.2) is 5.96 Å². The van der Waals surface area contributed by atoms with Crippen molar-refractivity contribution in [3.05, 3.63) is 47.7 Å². The van der Waals surface area contributed by atoms with Crippen molar-refractivity contribution < 1.29 is 19.4 Å². The van der Waals surface area contributed by atoms with E-state index < -0.39 is 5.97 Å². The first-order valence-corrected chi connectivity index (χ1v) is 7.74. The van der Waals surface area contributed by atoms with Crippen molar-refractivity contribution >= 4 is 17.7 Å². The largest absolute Gasteiger partial charge is 0.496 e. The predicted octanol–water partition coefficient (Wildman–Crippen LogP) is 1.99. The molecule has 0 atom stereocenters. The molecule has 0 bridgehead atoms. The Bertz CT molecular complexity index is 820. The van der Waals surface area contributed by atoms with Crippen molar-refractivity contribution in [2.24, 2.45) is 10.7 Å². The number of benzene rings is 1. The third-order valence-corrected chi connectivity index (χ3v) is 3.06. The van der Waals surface area contributed by atoms with E-state index in [0.717, 1.165) is 12.5 Å². The summed E-state index contributed by atoms with van der Waals surface area (Å²) in [6, 6.07) is 12.5. The van der Waals surface area contributed by atoms with Crippen molar-refractivity contribution in [3.8, 4) is 17.6 Å². The molecule has 4 N–H and O–H groups in total. The lowest BCUT2D eigenvalue weighted by Crippen LogP contribution is -2.23. The zero-order valence-electron chi connectivity index (χ0n) is 15.3. The van der Waals surface area contributed by atoms with Crippen LogP contribution in [0, 0.1) is 11.3 Å². The number of nitrogens with two attached hydrogens (primary N) is 1. The highest BCUT2D eigenvalue weighted by Crippen LogP contribution is 2.28. The number of carboxylic acid groups (broad SMARTS) is 1. The van der Waals surface area contributed by atoms with Crippen molar-refractivity contribution in [2.75, 3.05) is 19.5 Å². The van der Waals surface area contributed by atoms with Gasteiger partial charge in [-0.3, -0.25) is 4.79 Å². The minimum atomic E-state index is -0.833. The number of guanidine groups is 1. The van der Waals surface area contributed by atoms with Crippen molar-refractivity contribution in [1.82, 2.24) is 4.98 Å². The molecular weight excluding hydrogens is 350 g/mol. The highest BCUT2D eigenvalue weighted by Gasteiger charge is 2.09. The summed E-state index contributed by atoms with van der Waals surface area (Å²) in [5.74, 6) is 1.15. The number of carboxylic acids is 1. The van der Waals surface area contributed by atoms with E-state index in [1.165, 1.54) is 0 Å². The number of nitriles is 1. The Morgan fingerprint density at radius 1 is 1.26 bits per heavy atom. The summed E-state index contributed by atoms with van der Waals surface area (Å²) < 4.78 is 10.6. The molecule has 142 valence electrons. The van der Waals surface area contributed by atoms with E-state index in [1.807, 2.05) is 24.3 Å². The fraction of sp³-hybridized carbons (Fsp3) is 0.222. The third kappa shape index (κ3) is 7.31. The zero-order valence-corrected chi connectivity index (χ0v) is 15.3. The van der Waals surface area contributed by atoms with Crippen LogP contribution in [0.3, 0.4) is 0 Å². The molecule has 0 amide bonds. The number of nitrogens with zero attached hydrogens (tertiary/aromatic N) is 3. The lowest BCUT2D eigenvalue weighted by Gasteiger charge is -2.11. The van der Waals surface area contributed by atoms with E-state index in [4.69, 9.17) is 30.4 Å². The molecule has 9 nitrogen and oxygen atoms in total. The van der Waals surface area contributed by atoms with Crippen LogP contribution in [0.25, 0.3) is 0 Å². The molecule has 1 aromatic heterocycles. The van der Waals surface area contributed by atoms with Gasteiger partial charge in [0.05, 0.1) is 26.3 Å². The number of rotatable bonds is 5. The second kappa shape index (κ2) is 10.9. The molecule has 0 unspecified atom stereocenters. The summed E-state index contributed by atoms with van der Waals surface area (Å²) in [5, 5.41) is 19.1. The van der Waals surface area contributed by atoms with E-state index in [-0.39, 0.29) is 12.5 Å². The van der Waals surface area contributed by atoms with Gasteiger partial charge in [-0.25, -0.2) is 9.98 Å². The van der Waals surface area contributed by atoms with Crippen LogP contribution in [0.5, 0.6) is 11.5 Å². The first-order chi connectivity index (χ1) is 12.9. The van der Waals surface area contributed by atoms with E-state index in [9.17, 15) is 0 Å². The summed E-state index contributed by atoms with van der Waals surface area (Å²) >= 11 is 0. The van der Waals surface area contributed by atoms with E-state index in [1.54, 1.807) is 32.4 Å². The average molecular weight is 371 g/mol. The number of aliphatic imine (C=N–C) groups is 1. The Hall–Kier alpha value is -3.80. The van der Waals surface area contributed by atoms with E-state index in [2.05, 4.69) is 15.3 Å². The fourth-order valence-corrected chi connectivity index (χ4v) is 1.99. The van der Waals surface area contributed by atoms with Gasteiger partial charge in [-0.05, 0) is 24.3 Å². The van der Waals surface area contributed by atoms with Crippen LogP contribution in [-0.4, -0.2) is 36.2 Å². The number of anilines is 1. The van der Waals surface area contributed by atoms with Gasteiger partial charge in [0.1, 0.15) is 29.1 Å². The van der Waals surface area contributed by atoms with Gasteiger partial charge in [-0.1, -0.05) is 12.1 Å². The van der Waals surface area contributed by atoms with Crippen LogP contribution in [-0.2, 0) is 11.3 Å². The molecule has 1 heterocycles. The molecule has 2 rings (SSSR count). The summed E-state index contributed by atoms with van der Waals surface area (Å²) in [4.78, 5) is 17.3. The van der Waals surface area contributed by atoms with E-state index in [0.29, 0.717) is 23.0 Å². The lowest BCUT2D eigenvalue weighted by molar-refractivity contribution is -0.134. The molecule has 2 aromatic rings. The summed E-state index contributed by atoms with van der Waals surface area (Å²) in [5.41, 5.74) is 6.96. The number of hydrogen-bond donors (Lipinski definition) is 3. The quantitative estimate of drug-likeness (QED) is 0.535. The van der Waals surface area contributed by atoms with Crippen molar-refractivity contribution in [1.29, 1.82) is 5.26 Å². The van der Waals surface area contributed by atoms with Gasteiger partial charge in [-0.2, -0.15) is 5.26 Å². The molecule has 0 aliphatic rings. The minimum Gasteiger partial charge on any atom is -0.496 e. The number of methoxy groups -OCH3 is 2. The maximum absolute atomic E-state index is 9.00. The van der Waals surface area contributed by atoms with Crippen LogP contribution in [0.15, 0.2) is 41.4 Å². The molecule has 27 heavy (non-hydrogen) atoms. The zero-order chi connectivity index (χ0) is 20.2. The van der Waals surface area contributed by atoms with Gasteiger partial charge in [0.25, 0.3) is 5.97 Å². The highest BCUT2D eigenvalue weighted by atomic mass is 16.5. The smallest absolute Gasteiger partial charge is 0.300 e. The topological polar surface area (TPSA) is 143 Å². The molecule has 1 aromatic carbocycles. The van der Waals surface area contributed by atoms with Gasteiger partial charge < -0.3 is 25.6 Å². The van der Waals surface area contributed by atoms with Gasteiger partial charge >= 0.3 is 0 Å². The molecule has 0 fully saturated rings. The Morgan fingerprint density at radius 2 is 1.81 bits per heavy atom. The second-order valence-electron chi connectivity index (χ2n) is 5.01. The SMILES string of the molecule is CC(=O)O.COc1cccc(OC)c1CN=C(N)Nc1cccc(C#N)n1. The monoisotopic (exact) mass is 371 g/mol. The summed E-state index contributed by atoms with van der Waals surface area (Å²) in [6.45, 7) is 1.37. The molecule has 0 spiro atoms. The third-order valence-electron chi connectivity index (χ3n) is 3.06. The predicted molar refractivity (Wildman–Crippen MR) is 101 cm³/mol. The number of carbonyl (C=O) groups is 1. The fourth-order valence-electron chi connectivity index (χ4n) is 1.99. The first-order valence-electron chi connectivity index (χ1n) is 7.74. The van der Waals surface area contributed by atoms with Crippen LogP contribution >= 0.6 is 0 Å². The van der Waals surface area contributed by atoms with Crippen LogP contribution in [0.1, 0.15) is 18.2 Å². The van der Waals surface area contributed by atoms with Gasteiger partial charge in [-0.15, -0.1) is 0 Å². The lowest BCUT2D eigenvalue weighted by atomic mass is 10.2. The normalized spacial score (nSPS) is 10.1. The number of pyridine rings is 1. The van der Waals surface area contributed by atoms with Crippen LogP contribution < -0.4 is 20.5 Å². The average Bonchev–Trinajstić information content (AvgIpc) is 2.65. The molecule has 0 aliphatic heterocycles. The number of aliphatic carboxylic acids is 1. The Kier molecular flexibility index (Phi) is 8.61. The minimum absolute atomic E-state index is 0.181. The second-order valence-corrected chi connectivity index (χ2v) is 5.01. The Labute approximate surface area is 157 Å². The van der Waals surface area contributed by atoms with E-state index >= 15 is 0 Å². The molecular formula is C18H21N5O4. The number of nitrogens with one attached hydrogen (secondary N) is 1. The van der Waals surface area contributed by atoms with Crippen molar-refractivity contribution in [2.45, 2.75) is 13.5 Å². The maximum atomic E-state index is 9.00. The molecule has 0 saturated heterocycles.